The van der Waals surface area contributed by atoms with E-state index in [1.165, 1.54) is 18.2 Å². The van der Waals surface area contributed by atoms with E-state index in [1.54, 1.807) is 0 Å². The SMILES string of the molecule is CCOCC(NC(=O)c1ccc(O)c(O)c1)C(C)C. The second-order valence-corrected chi connectivity index (χ2v) is 4.69. The summed E-state index contributed by atoms with van der Waals surface area (Å²) in [6, 6.07) is 3.89. The first kappa shape index (κ1) is 15.3. The molecule has 0 aliphatic rings. The Hall–Kier alpha value is -1.75. The number of ether oxygens (including phenoxy) is 1. The van der Waals surface area contributed by atoms with Crippen molar-refractivity contribution in [2.45, 2.75) is 26.8 Å². The Morgan fingerprint density at radius 3 is 2.53 bits per heavy atom. The quantitative estimate of drug-likeness (QED) is 0.688. The molecule has 5 nitrogen and oxygen atoms in total. The van der Waals surface area contributed by atoms with Gasteiger partial charge in [-0.05, 0) is 31.0 Å². The molecule has 0 spiro atoms. The molecule has 5 heteroatoms. The molecule has 1 aromatic rings. The molecule has 0 saturated carbocycles. The molecular formula is C14H21NO4. The van der Waals surface area contributed by atoms with E-state index in [0.717, 1.165) is 0 Å². The van der Waals surface area contributed by atoms with Crippen LogP contribution in [0.25, 0.3) is 0 Å². The van der Waals surface area contributed by atoms with Crippen LogP contribution in [0.5, 0.6) is 11.5 Å². The fourth-order valence-corrected chi connectivity index (χ4v) is 1.56. The normalized spacial score (nSPS) is 12.4. The van der Waals surface area contributed by atoms with Gasteiger partial charge in [0.15, 0.2) is 11.5 Å². The fraction of sp³-hybridized carbons (Fsp3) is 0.500. The van der Waals surface area contributed by atoms with Crippen LogP contribution < -0.4 is 5.32 Å². The maximum atomic E-state index is 12.0. The van der Waals surface area contributed by atoms with Gasteiger partial charge in [-0.1, -0.05) is 13.8 Å². The van der Waals surface area contributed by atoms with Crippen LogP contribution in [0.4, 0.5) is 0 Å². The Bertz CT molecular complexity index is 431. The van der Waals surface area contributed by atoms with Gasteiger partial charge in [-0.3, -0.25) is 4.79 Å². The minimum atomic E-state index is -0.307. The van der Waals surface area contributed by atoms with Crippen molar-refractivity contribution in [2.24, 2.45) is 5.92 Å². The Morgan fingerprint density at radius 2 is 2.00 bits per heavy atom. The molecule has 106 valence electrons. The summed E-state index contributed by atoms with van der Waals surface area (Å²) < 4.78 is 5.33. The van der Waals surface area contributed by atoms with Crippen LogP contribution in [0.3, 0.4) is 0 Å². The van der Waals surface area contributed by atoms with Crippen LogP contribution >= 0.6 is 0 Å². The van der Waals surface area contributed by atoms with Crippen molar-refractivity contribution in [2.75, 3.05) is 13.2 Å². The van der Waals surface area contributed by atoms with Gasteiger partial charge < -0.3 is 20.3 Å². The van der Waals surface area contributed by atoms with Gasteiger partial charge in [0.05, 0.1) is 12.6 Å². The lowest BCUT2D eigenvalue weighted by Gasteiger charge is -2.22. The van der Waals surface area contributed by atoms with Crippen LogP contribution in [0.15, 0.2) is 18.2 Å². The number of amides is 1. The van der Waals surface area contributed by atoms with Crippen LogP contribution in [-0.2, 0) is 4.74 Å². The lowest BCUT2D eigenvalue weighted by Crippen LogP contribution is -2.41. The van der Waals surface area contributed by atoms with Crippen molar-refractivity contribution in [3.63, 3.8) is 0 Å². The highest BCUT2D eigenvalue weighted by molar-refractivity contribution is 5.95. The zero-order valence-corrected chi connectivity index (χ0v) is 11.5. The minimum Gasteiger partial charge on any atom is -0.504 e. The van der Waals surface area contributed by atoms with Gasteiger partial charge >= 0.3 is 0 Å². The van der Waals surface area contributed by atoms with Crippen molar-refractivity contribution in [1.29, 1.82) is 0 Å². The molecule has 1 amide bonds. The third kappa shape index (κ3) is 4.44. The van der Waals surface area contributed by atoms with Gasteiger partial charge in [0.1, 0.15) is 0 Å². The summed E-state index contributed by atoms with van der Waals surface area (Å²) in [5.74, 6) is -0.611. The lowest BCUT2D eigenvalue weighted by molar-refractivity contribution is 0.0806. The number of nitrogens with one attached hydrogen (secondary N) is 1. The van der Waals surface area contributed by atoms with Crippen LogP contribution in [0, 0.1) is 5.92 Å². The minimum absolute atomic E-state index is 0.0941. The summed E-state index contributed by atoms with van der Waals surface area (Å²) in [6.45, 7) is 6.94. The lowest BCUT2D eigenvalue weighted by atomic mass is 10.0. The summed E-state index contributed by atoms with van der Waals surface area (Å²) in [5.41, 5.74) is 0.303. The molecule has 1 atom stereocenters. The molecule has 0 fully saturated rings. The van der Waals surface area contributed by atoms with Gasteiger partial charge in [-0.25, -0.2) is 0 Å². The zero-order valence-electron chi connectivity index (χ0n) is 11.5. The largest absolute Gasteiger partial charge is 0.504 e. The maximum absolute atomic E-state index is 12.0. The van der Waals surface area contributed by atoms with Crippen LogP contribution in [0.1, 0.15) is 31.1 Å². The molecule has 0 bridgehead atoms. The number of carbonyl (C=O) groups is 1. The predicted octanol–water partition coefficient (Wildman–Crippen LogP) is 1.89. The maximum Gasteiger partial charge on any atom is 0.251 e. The number of rotatable bonds is 6. The number of phenols is 2. The summed E-state index contributed by atoms with van der Waals surface area (Å²) in [7, 11) is 0. The standard InChI is InChI=1S/C14H21NO4/c1-4-19-8-11(9(2)3)15-14(18)10-5-6-12(16)13(17)7-10/h5-7,9,11,16-17H,4,8H2,1-3H3,(H,15,18). The van der Waals surface area contributed by atoms with E-state index in [-0.39, 0.29) is 29.4 Å². The van der Waals surface area contributed by atoms with E-state index in [0.29, 0.717) is 18.8 Å². The summed E-state index contributed by atoms with van der Waals surface area (Å²) in [5, 5.41) is 21.4. The van der Waals surface area contributed by atoms with E-state index in [1.807, 2.05) is 20.8 Å². The Labute approximate surface area is 113 Å². The van der Waals surface area contributed by atoms with Gasteiger partial charge in [-0.15, -0.1) is 0 Å². The molecule has 0 saturated heterocycles. The third-order valence-corrected chi connectivity index (χ3v) is 2.86. The topological polar surface area (TPSA) is 78.8 Å². The number of carbonyl (C=O) groups excluding carboxylic acids is 1. The molecule has 0 aromatic heterocycles. The number of benzene rings is 1. The number of aromatic hydroxyl groups is 2. The van der Waals surface area contributed by atoms with E-state index >= 15 is 0 Å². The summed E-state index contributed by atoms with van der Waals surface area (Å²) >= 11 is 0. The molecule has 0 aliphatic carbocycles. The van der Waals surface area contributed by atoms with Crippen molar-refractivity contribution in [1.82, 2.24) is 5.32 Å². The molecule has 1 aromatic carbocycles. The molecular weight excluding hydrogens is 246 g/mol. The molecule has 0 radical (unpaired) electrons. The Kier molecular flexibility index (Phi) is 5.63. The number of hydrogen-bond acceptors (Lipinski definition) is 4. The first-order chi connectivity index (χ1) is 8.95. The van der Waals surface area contributed by atoms with Gasteiger partial charge in [0.2, 0.25) is 0 Å². The first-order valence-electron chi connectivity index (χ1n) is 6.36. The van der Waals surface area contributed by atoms with Crippen molar-refractivity contribution in [3.8, 4) is 11.5 Å². The summed E-state index contributed by atoms with van der Waals surface area (Å²) in [4.78, 5) is 12.0. The molecule has 0 aliphatic heterocycles. The van der Waals surface area contributed by atoms with E-state index in [4.69, 9.17) is 4.74 Å². The highest BCUT2D eigenvalue weighted by Crippen LogP contribution is 2.24. The predicted molar refractivity (Wildman–Crippen MR) is 72.4 cm³/mol. The highest BCUT2D eigenvalue weighted by Gasteiger charge is 2.18. The van der Waals surface area contributed by atoms with E-state index in [2.05, 4.69) is 5.32 Å². The Morgan fingerprint density at radius 1 is 1.32 bits per heavy atom. The monoisotopic (exact) mass is 267 g/mol. The molecule has 3 N–H and O–H groups in total. The van der Waals surface area contributed by atoms with Crippen molar-refractivity contribution < 1.29 is 19.7 Å². The number of phenolic OH excluding ortho intramolecular Hbond substituents is 2. The average molecular weight is 267 g/mol. The average Bonchev–Trinajstić information content (AvgIpc) is 2.37. The Balaban J connectivity index is 2.73. The summed E-state index contributed by atoms with van der Waals surface area (Å²) in [6.07, 6.45) is 0. The fourth-order valence-electron chi connectivity index (χ4n) is 1.56. The van der Waals surface area contributed by atoms with Crippen molar-refractivity contribution in [3.05, 3.63) is 23.8 Å². The van der Waals surface area contributed by atoms with Crippen LogP contribution in [0.2, 0.25) is 0 Å². The van der Waals surface area contributed by atoms with Crippen LogP contribution in [-0.4, -0.2) is 35.4 Å². The molecule has 1 unspecified atom stereocenters. The second-order valence-electron chi connectivity index (χ2n) is 4.69. The number of hydrogen-bond donors (Lipinski definition) is 3. The first-order valence-corrected chi connectivity index (χ1v) is 6.36. The van der Waals surface area contributed by atoms with Gasteiger partial charge in [-0.2, -0.15) is 0 Å². The molecule has 19 heavy (non-hydrogen) atoms. The van der Waals surface area contributed by atoms with Gasteiger partial charge in [0, 0.05) is 12.2 Å². The zero-order chi connectivity index (χ0) is 14.4. The third-order valence-electron chi connectivity index (χ3n) is 2.86. The highest BCUT2D eigenvalue weighted by atomic mass is 16.5. The van der Waals surface area contributed by atoms with Gasteiger partial charge in [0.25, 0.3) is 5.91 Å². The smallest absolute Gasteiger partial charge is 0.251 e. The van der Waals surface area contributed by atoms with E-state index < -0.39 is 0 Å². The van der Waals surface area contributed by atoms with E-state index in [9.17, 15) is 15.0 Å². The second kappa shape index (κ2) is 6.99. The molecule has 1 rings (SSSR count). The molecule has 0 heterocycles. The van der Waals surface area contributed by atoms with Crippen molar-refractivity contribution >= 4 is 5.91 Å².